The SMILES string of the molecule is CN1CCC(CN(C)c2c(Cl)cccc2CCl)C1. The number of halogens is 2. The van der Waals surface area contributed by atoms with Crippen molar-refractivity contribution in [1.29, 1.82) is 0 Å². The van der Waals surface area contributed by atoms with Crippen molar-refractivity contribution in [2.75, 3.05) is 38.6 Å². The Morgan fingerprint density at radius 1 is 1.44 bits per heavy atom. The summed E-state index contributed by atoms with van der Waals surface area (Å²) in [6, 6.07) is 5.94. The monoisotopic (exact) mass is 286 g/mol. The number of anilines is 1. The Morgan fingerprint density at radius 2 is 2.22 bits per heavy atom. The van der Waals surface area contributed by atoms with Crippen LogP contribution in [0.3, 0.4) is 0 Å². The molecule has 18 heavy (non-hydrogen) atoms. The molecule has 2 rings (SSSR count). The molecular formula is C14H20Cl2N2. The predicted molar refractivity (Wildman–Crippen MR) is 79.9 cm³/mol. The molecule has 1 atom stereocenters. The van der Waals surface area contributed by atoms with E-state index in [2.05, 4.69) is 23.9 Å². The topological polar surface area (TPSA) is 6.48 Å². The first-order chi connectivity index (χ1) is 8.61. The molecule has 0 aliphatic carbocycles. The van der Waals surface area contributed by atoms with Crippen LogP contribution in [-0.4, -0.2) is 38.6 Å². The first-order valence-corrected chi connectivity index (χ1v) is 7.26. The summed E-state index contributed by atoms with van der Waals surface area (Å²) in [5.41, 5.74) is 2.20. The standard InChI is InChI=1S/C14H20Cl2N2/c1-17-7-6-11(9-17)10-18(2)14-12(8-15)4-3-5-13(14)16/h3-5,11H,6-10H2,1-2H3. The number of alkyl halides is 1. The van der Waals surface area contributed by atoms with E-state index >= 15 is 0 Å². The summed E-state index contributed by atoms with van der Waals surface area (Å²) < 4.78 is 0. The third kappa shape index (κ3) is 3.11. The van der Waals surface area contributed by atoms with Crippen molar-refractivity contribution in [3.8, 4) is 0 Å². The molecule has 0 aromatic heterocycles. The number of nitrogens with zero attached hydrogens (tertiary/aromatic N) is 2. The smallest absolute Gasteiger partial charge is 0.0642 e. The van der Waals surface area contributed by atoms with Crippen LogP contribution in [-0.2, 0) is 5.88 Å². The van der Waals surface area contributed by atoms with E-state index in [9.17, 15) is 0 Å². The molecule has 1 aliphatic rings. The molecule has 1 unspecified atom stereocenters. The Balaban J connectivity index is 2.10. The van der Waals surface area contributed by atoms with Gasteiger partial charge in [-0.05, 0) is 37.6 Å². The molecule has 2 nitrogen and oxygen atoms in total. The first-order valence-electron chi connectivity index (χ1n) is 6.35. The number of para-hydroxylation sites is 1. The summed E-state index contributed by atoms with van der Waals surface area (Å²) in [6.45, 7) is 3.41. The molecule has 1 aliphatic heterocycles. The Labute approximate surface area is 119 Å². The van der Waals surface area contributed by atoms with E-state index < -0.39 is 0 Å². The third-order valence-electron chi connectivity index (χ3n) is 3.62. The van der Waals surface area contributed by atoms with Crippen LogP contribution < -0.4 is 4.90 Å². The van der Waals surface area contributed by atoms with Crippen LogP contribution in [0.15, 0.2) is 18.2 Å². The van der Waals surface area contributed by atoms with Gasteiger partial charge in [0, 0.05) is 26.0 Å². The van der Waals surface area contributed by atoms with Gasteiger partial charge in [0.2, 0.25) is 0 Å². The van der Waals surface area contributed by atoms with Gasteiger partial charge < -0.3 is 9.80 Å². The molecule has 100 valence electrons. The van der Waals surface area contributed by atoms with Gasteiger partial charge >= 0.3 is 0 Å². The fourth-order valence-electron chi connectivity index (χ4n) is 2.75. The van der Waals surface area contributed by atoms with Gasteiger partial charge in [0.1, 0.15) is 0 Å². The van der Waals surface area contributed by atoms with Gasteiger partial charge in [-0.2, -0.15) is 0 Å². The molecule has 0 spiro atoms. The Morgan fingerprint density at radius 3 is 2.83 bits per heavy atom. The molecule has 0 bridgehead atoms. The number of benzene rings is 1. The van der Waals surface area contributed by atoms with Gasteiger partial charge in [-0.1, -0.05) is 23.7 Å². The zero-order valence-corrected chi connectivity index (χ0v) is 12.5. The van der Waals surface area contributed by atoms with Gasteiger partial charge in [0.25, 0.3) is 0 Å². The first kappa shape index (κ1) is 14.0. The van der Waals surface area contributed by atoms with E-state index in [4.69, 9.17) is 23.2 Å². The minimum Gasteiger partial charge on any atom is -0.373 e. The number of hydrogen-bond donors (Lipinski definition) is 0. The summed E-state index contributed by atoms with van der Waals surface area (Å²) in [7, 11) is 4.29. The second-order valence-electron chi connectivity index (χ2n) is 5.18. The highest BCUT2D eigenvalue weighted by Gasteiger charge is 2.22. The minimum atomic E-state index is 0.505. The van der Waals surface area contributed by atoms with Crippen LogP contribution in [0.4, 0.5) is 5.69 Å². The maximum absolute atomic E-state index is 6.31. The maximum Gasteiger partial charge on any atom is 0.0642 e. The summed E-state index contributed by atoms with van der Waals surface area (Å²) in [5.74, 6) is 1.23. The lowest BCUT2D eigenvalue weighted by Crippen LogP contribution is -2.28. The summed E-state index contributed by atoms with van der Waals surface area (Å²) in [6.07, 6.45) is 1.27. The molecule has 0 amide bonds. The van der Waals surface area contributed by atoms with E-state index in [1.54, 1.807) is 0 Å². The molecule has 1 fully saturated rings. The minimum absolute atomic E-state index is 0.505. The maximum atomic E-state index is 6.31. The van der Waals surface area contributed by atoms with Crippen molar-refractivity contribution >= 4 is 28.9 Å². The van der Waals surface area contributed by atoms with Crippen molar-refractivity contribution < 1.29 is 0 Å². The fourth-order valence-corrected chi connectivity index (χ4v) is 3.30. The normalized spacial score (nSPS) is 20.3. The van der Waals surface area contributed by atoms with Crippen LogP contribution in [0, 0.1) is 5.92 Å². The van der Waals surface area contributed by atoms with Crippen LogP contribution in [0.2, 0.25) is 5.02 Å². The van der Waals surface area contributed by atoms with Gasteiger partial charge in [-0.15, -0.1) is 11.6 Å². The third-order valence-corrected chi connectivity index (χ3v) is 4.21. The highest BCUT2D eigenvalue weighted by Crippen LogP contribution is 2.31. The quantitative estimate of drug-likeness (QED) is 0.782. The molecular weight excluding hydrogens is 267 g/mol. The van der Waals surface area contributed by atoms with Crippen LogP contribution >= 0.6 is 23.2 Å². The van der Waals surface area contributed by atoms with E-state index in [1.807, 2.05) is 18.2 Å². The molecule has 1 aromatic rings. The van der Waals surface area contributed by atoms with Gasteiger partial charge in [-0.3, -0.25) is 0 Å². The highest BCUT2D eigenvalue weighted by atomic mass is 35.5. The van der Waals surface area contributed by atoms with Gasteiger partial charge in [0.15, 0.2) is 0 Å². The number of rotatable bonds is 4. The van der Waals surface area contributed by atoms with Crippen molar-refractivity contribution in [1.82, 2.24) is 4.90 Å². The van der Waals surface area contributed by atoms with E-state index in [-0.39, 0.29) is 0 Å². The molecule has 1 saturated heterocycles. The molecule has 0 radical (unpaired) electrons. The van der Waals surface area contributed by atoms with Crippen LogP contribution in [0.5, 0.6) is 0 Å². The van der Waals surface area contributed by atoms with Crippen LogP contribution in [0.25, 0.3) is 0 Å². The largest absolute Gasteiger partial charge is 0.373 e. The zero-order chi connectivity index (χ0) is 13.1. The lowest BCUT2D eigenvalue weighted by Gasteiger charge is -2.26. The molecule has 0 saturated carbocycles. The number of hydrogen-bond acceptors (Lipinski definition) is 2. The second-order valence-corrected chi connectivity index (χ2v) is 5.85. The highest BCUT2D eigenvalue weighted by molar-refractivity contribution is 6.33. The molecule has 4 heteroatoms. The van der Waals surface area contributed by atoms with Crippen molar-refractivity contribution in [2.24, 2.45) is 5.92 Å². The van der Waals surface area contributed by atoms with Crippen molar-refractivity contribution in [3.05, 3.63) is 28.8 Å². The van der Waals surface area contributed by atoms with E-state index in [0.717, 1.165) is 28.7 Å². The molecule has 1 aromatic carbocycles. The average molecular weight is 287 g/mol. The molecule has 1 heterocycles. The van der Waals surface area contributed by atoms with Gasteiger partial charge in [0.05, 0.1) is 10.7 Å². The Hall–Kier alpha value is -0.440. The lowest BCUT2D eigenvalue weighted by atomic mass is 10.1. The Bertz CT molecular complexity index is 409. The van der Waals surface area contributed by atoms with Crippen molar-refractivity contribution in [3.63, 3.8) is 0 Å². The lowest BCUT2D eigenvalue weighted by molar-refractivity contribution is 0.396. The van der Waals surface area contributed by atoms with E-state index in [1.165, 1.54) is 19.5 Å². The summed E-state index contributed by atoms with van der Waals surface area (Å²) in [4.78, 5) is 4.64. The average Bonchev–Trinajstić information content (AvgIpc) is 2.74. The zero-order valence-electron chi connectivity index (χ0n) is 11.0. The second kappa shape index (κ2) is 6.14. The van der Waals surface area contributed by atoms with Gasteiger partial charge in [-0.25, -0.2) is 0 Å². The number of likely N-dealkylation sites (tertiary alicyclic amines) is 1. The fraction of sp³-hybridized carbons (Fsp3) is 0.571. The Kier molecular flexibility index (Phi) is 4.77. The van der Waals surface area contributed by atoms with Crippen LogP contribution in [0.1, 0.15) is 12.0 Å². The summed E-state index contributed by atoms with van der Waals surface area (Å²) >= 11 is 12.3. The van der Waals surface area contributed by atoms with Crippen molar-refractivity contribution in [2.45, 2.75) is 12.3 Å². The predicted octanol–water partition coefficient (Wildman–Crippen LogP) is 3.47. The summed E-state index contributed by atoms with van der Waals surface area (Å²) in [5, 5.41) is 0.794. The van der Waals surface area contributed by atoms with E-state index in [0.29, 0.717) is 5.88 Å². The molecule has 0 N–H and O–H groups in total.